The van der Waals surface area contributed by atoms with Crippen LogP contribution in [0.25, 0.3) is 16.7 Å². The molecule has 0 radical (unpaired) electrons. The quantitative estimate of drug-likeness (QED) is 0.398. The molecule has 0 atom stereocenters. The minimum absolute atomic E-state index is 0.0487. The first-order valence-corrected chi connectivity index (χ1v) is 11.1. The van der Waals surface area contributed by atoms with E-state index in [1.807, 2.05) is 45.0 Å². The number of hydrogen-bond acceptors (Lipinski definition) is 4. The number of ketones is 1. The van der Waals surface area contributed by atoms with E-state index in [0.29, 0.717) is 17.2 Å². The van der Waals surface area contributed by atoms with Gasteiger partial charge in [-0.05, 0) is 57.9 Å². The Kier molecular flexibility index (Phi) is 6.09. The van der Waals surface area contributed by atoms with Crippen LogP contribution in [0.1, 0.15) is 51.1 Å². The summed E-state index contributed by atoms with van der Waals surface area (Å²) >= 11 is 0. The Morgan fingerprint density at radius 1 is 0.848 bits per heavy atom. The highest BCUT2D eigenvalue weighted by Gasteiger charge is 2.16. The Balaban J connectivity index is 1.55. The number of aryl methyl sites for hydroxylation is 5. The van der Waals surface area contributed by atoms with Crippen molar-refractivity contribution in [2.24, 2.45) is 0 Å². The molecule has 1 N–H and O–H groups in total. The number of pyridine rings is 1. The smallest absolute Gasteiger partial charge is 0.225 e. The van der Waals surface area contributed by atoms with Crippen LogP contribution in [0.15, 0.2) is 48.5 Å². The summed E-state index contributed by atoms with van der Waals surface area (Å²) in [7, 11) is 0. The Labute approximate surface area is 193 Å². The van der Waals surface area contributed by atoms with Gasteiger partial charge in [-0.1, -0.05) is 41.5 Å². The van der Waals surface area contributed by atoms with E-state index in [1.54, 1.807) is 16.8 Å². The lowest BCUT2D eigenvalue weighted by Gasteiger charge is -2.12. The predicted molar refractivity (Wildman–Crippen MR) is 131 cm³/mol. The van der Waals surface area contributed by atoms with Crippen LogP contribution >= 0.6 is 0 Å². The van der Waals surface area contributed by atoms with E-state index < -0.39 is 0 Å². The summed E-state index contributed by atoms with van der Waals surface area (Å²) in [5, 5.41) is 8.57. The fraction of sp³-hybridized carbons (Fsp3) is 0.259. The van der Waals surface area contributed by atoms with E-state index in [-0.39, 0.29) is 24.5 Å². The molecule has 0 aliphatic rings. The number of Topliss-reactive ketones (excluding diaryl/α,β-unsaturated/α-hetero) is 1. The standard InChI is InChI=1S/C27H28N4O2/c1-16-6-8-21(9-7-16)23(32)10-11-26(33)28-25-15-20(5)30-31(25)24-14-18(3)22-13-17(2)12-19(4)27(22)29-24/h6-9,12-15H,10-11H2,1-5H3,(H,28,33). The van der Waals surface area contributed by atoms with Gasteiger partial charge in [0.1, 0.15) is 5.82 Å². The van der Waals surface area contributed by atoms with Crippen molar-refractivity contribution in [3.8, 4) is 5.82 Å². The zero-order valence-electron chi connectivity index (χ0n) is 19.7. The van der Waals surface area contributed by atoms with Gasteiger partial charge in [0.05, 0.1) is 11.2 Å². The van der Waals surface area contributed by atoms with Crippen LogP contribution in [0.4, 0.5) is 5.82 Å². The number of hydrogen-bond donors (Lipinski definition) is 1. The normalized spacial score (nSPS) is 11.1. The maximum atomic E-state index is 12.6. The van der Waals surface area contributed by atoms with E-state index in [0.717, 1.165) is 33.3 Å². The molecule has 33 heavy (non-hydrogen) atoms. The second-order valence-corrected chi connectivity index (χ2v) is 8.70. The molecule has 0 fully saturated rings. The molecule has 2 heterocycles. The monoisotopic (exact) mass is 440 g/mol. The number of nitrogens with one attached hydrogen (secondary N) is 1. The first-order valence-electron chi connectivity index (χ1n) is 11.1. The number of amides is 1. The number of nitrogens with zero attached hydrogens (tertiary/aromatic N) is 3. The number of aromatic nitrogens is 3. The van der Waals surface area contributed by atoms with Crippen LogP contribution in [0.3, 0.4) is 0 Å². The molecule has 0 bridgehead atoms. The van der Waals surface area contributed by atoms with Gasteiger partial charge in [-0.2, -0.15) is 9.78 Å². The molecule has 4 aromatic rings. The lowest BCUT2D eigenvalue weighted by atomic mass is 10.0. The Morgan fingerprint density at radius 3 is 2.30 bits per heavy atom. The van der Waals surface area contributed by atoms with E-state index in [1.165, 1.54) is 5.56 Å². The molecular formula is C27H28N4O2. The maximum absolute atomic E-state index is 12.6. The highest BCUT2D eigenvalue weighted by atomic mass is 16.2. The second-order valence-electron chi connectivity index (χ2n) is 8.70. The van der Waals surface area contributed by atoms with Gasteiger partial charge in [0, 0.05) is 29.9 Å². The minimum Gasteiger partial charge on any atom is -0.311 e. The average Bonchev–Trinajstić information content (AvgIpc) is 3.13. The van der Waals surface area contributed by atoms with Crippen LogP contribution in [0.5, 0.6) is 0 Å². The molecule has 0 aliphatic heterocycles. The summed E-state index contributed by atoms with van der Waals surface area (Å²) in [5.41, 5.74) is 6.79. The van der Waals surface area contributed by atoms with Gasteiger partial charge in [0.25, 0.3) is 0 Å². The molecular weight excluding hydrogens is 412 g/mol. The van der Waals surface area contributed by atoms with E-state index >= 15 is 0 Å². The number of anilines is 1. The van der Waals surface area contributed by atoms with Crippen molar-refractivity contribution in [3.63, 3.8) is 0 Å². The van der Waals surface area contributed by atoms with Gasteiger partial charge in [-0.3, -0.25) is 9.59 Å². The van der Waals surface area contributed by atoms with Gasteiger partial charge in [-0.25, -0.2) is 4.98 Å². The fourth-order valence-electron chi connectivity index (χ4n) is 4.02. The fourth-order valence-corrected chi connectivity index (χ4v) is 4.02. The molecule has 6 nitrogen and oxygen atoms in total. The van der Waals surface area contributed by atoms with Crippen molar-refractivity contribution >= 4 is 28.4 Å². The Bertz CT molecular complexity index is 1370. The van der Waals surface area contributed by atoms with Gasteiger partial charge in [0.2, 0.25) is 5.91 Å². The molecule has 2 aromatic heterocycles. The zero-order valence-corrected chi connectivity index (χ0v) is 19.7. The number of rotatable bonds is 6. The van der Waals surface area contributed by atoms with Crippen molar-refractivity contribution in [1.82, 2.24) is 14.8 Å². The summed E-state index contributed by atoms with van der Waals surface area (Å²) in [5.74, 6) is 0.899. The third kappa shape index (κ3) is 4.85. The third-order valence-corrected chi connectivity index (χ3v) is 5.71. The summed E-state index contributed by atoms with van der Waals surface area (Å²) in [4.78, 5) is 29.9. The van der Waals surface area contributed by atoms with Crippen LogP contribution < -0.4 is 5.32 Å². The van der Waals surface area contributed by atoms with Gasteiger partial charge in [0.15, 0.2) is 11.6 Å². The van der Waals surface area contributed by atoms with Crippen LogP contribution in [0.2, 0.25) is 0 Å². The number of benzene rings is 2. The molecule has 168 valence electrons. The molecule has 4 rings (SSSR count). The SMILES string of the molecule is Cc1ccc(C(=O)CCC(=O)Nc2cc(C)nn2-c2cc(C)c3cc(C)cc(C)c3n2)cc1. The highest BCUT2D eigenvalue weighted by molar-refractivity contribution is 6.00. The maximum Gasteiger partial charge on any atom is 0.225 e. The molecule has 6 heteroatoms. The van der Waals surface area contributed by atoms with E-state index in [4.69, 9.17) is 4.98 Å². The van der Waals surface area contributed by atoms with Crippen molar-refractivity contribution in [1.29, 1.82) is 0 Å². The summed E-state index contributed by atoms with van der Waals surface area (Å²) < 4.78 is 1.65. The zero-order chi connectivity index (χ0) is 23.7. The van der Waals surface area contributed by atoms with Crippen molar-refractivity contribution in [3.05, 3.63) is 82.0 Å². The Hall–Kier alpha value is -3.80. The average molecular weight is 441 g/mol. The van der Waals surface area contributed by atoms with Crippen molar-refractivity contribution < 1.29 is 9.59 Å². The highest BCUT2D eigenvalue weighted by Crippen LogP contribution is 2.26. The second kappa shape index (κ2) is 8.98. The molecule has 0 saturated carbocycles. The summed E-state index contributed by atoms with van der Waals surface area (Å²) in [6, 6.07) is 15.4. The van der Waals surface area contributed by atoms with Crippen LogP contribution in [0, 0.1) is 34.6 Å². The van der Waals surface area contributed by atoms with Gasteiger partial charge < -0.3 is 5.32 Å². The first-order chi connectivity index (χ1) is 15.7. The van der Waals surface area contributed by atoms with Crippen molar-refractivity contribution in [2.75, 3.05) is 5.32 Å². The Morgan fingerprint density at radius 2 is 1.58 bits per heavy atom. The van der Waals surface area contributed by atoms with Crippen LogP contribution in [-0.2, 0) is 4.79 Å². The summed E-state index contributed by atoms with van der Waals surface area (Å²) in [6.45, 7) is 10.0. The topological polar surface area (TPSA) is 76.9 Å². The third-order valence-electron chi connectivity index (χ3n) is 5.71. The minimum atomic E-state index is -0.235. The molecule has 0 spiro atoms. The lowest BCUT2D eigenvalue weighted by molar-refractivity contribution is -0.116. The number of carbonyl (C=O) groups is 2. The lowest BCUT2D eigenvalue weighted by Crippen LogP contribution is -2.16. The van der Waals surface area contributed by atoms with Crippen molar-refractivity contribution in [2.45, 2.75) is 47.5 Å². The molecule has 0 unspecified atom stereocenters. The molecule has 0 aliphatic carbocycles. The predicted octanol–water partition coefficient (Wildman–Crippen LogP) is 5.56. The number of fused-ring (bicyclic) bond motifs is 1. The summed E-state index contributed by atoms with van der Waals surface area (Å²) in [6.07, 6.45) is 0.243. The van der Waals surface area contributed by atoms with Gasteiger partial charge >= 0.3 is 0 Å². The van der Waals surface area contributed by atoms with E-state index in [9.17, 15) is 9.59 Å². The first kappa shape index (κ1) is 22.4. The molecule has 0 saturated heterocycles. The largest absolute Gasteiger partial charge is 0.311 e. The van der Waals surface area contributed by atoms with Crippen LogP contribution in [-0.4, -0.2) is 26.5 Å². The molecule has 2 aromatic carbocycles. The van der Waals surface area contributed by atoms with Gasteiger partial charge in [-0.15, -0.1) is 0 Å². The van der Waals surface area contributed by atoms with E-state index in [2.05, 4.69) is 36.4 Å². The molecule has 1 amide bonds. The number of carbonyl (C=O) groups excluding carboxylic acids is 2.